The van der Waals surface area contributed by atoms with Crippen molar-refractivity contribution < 1.29 is 22.8 Å². The number of hydrogen-bond donors (Lipinski definition) is 0. The van der Waals surface area contributed by atoms with Gasteiger partial charge in [-0.05, 0) is 42.8 Å². The van der Waals surface area contributed by atoms with Gasteiger partial charge in [0.25, 0.3) is 5.91 Å². The summed E-state index contributed by atoms with van der Waals surface area (Å²) in [6.07, 6.45) is -2.00. The number of benzene rings is 2. The third-order valence-electron chi connectivity index (χ3n) is 4.89. The second-order valence-corrected chi connectivity index (χ2v) is 7.46. The predicted molar refractivity (Wildman–Crippen MR) is 109 cm³/mol. The van der Waals surface area contributed by atoms with Crippen LogP contribution in [0.25, 0.3) is 6.08 Å². The molecule has 2 aromatic carbocycles. The van der Waals surface area contributed by atoms with Gasteiger partial charge in [0.15, 0.2) is 0 Å². The van der Waals surface area contributed by atoms with Crippen LogP contribution in [0.3, 0.4) is 0 Å². The lowest BCUT2D eigenvalue weighted by atomic mass is 10.1. The van der Waals surface area contributed by atoms with E-state index in [0.29, 0.717) is 31.7 Å². The highest BCUT2D eigenvalue weighted by molar-refractivity contribution is 6.31. The Bertz CT molecular complexity index is 963. The van der Waals surface area contributed by atoms with Crippen LogP contribution in [-0.2, 0) is 11.0 Å². The van der Waals surface area contributed by atoms with Gasteiger partial charge in [0.2, 0.25) is 5.91 Å². The molecule has 0 N–H and O–H groups in total. The molecule has 158 valence electrons. The highest BCUT2D eigenvalue weighted by Gasteiger charge is 2.33. The third-order valence-corrected chi connectivity index (χ3v) is 5.22. The van der Waals surface area contributed by atoms with Crippen LogP contribution in [0.4, 0.5) is 13.2 Å². The maximum absolute atomic E-state index is 12.9. The predicted octanol–water partition coefficient (Wildman–Crippen LogP) is 4.67. The molecule has 30 heavy (non-hydrogen) atoms. The number of amides is 2. The minimum Gasteiger partial charge on any atom is -0.336 e. The molecule has 2 amide bonds. The van der Waals surface area contributed by atoms with E-state index in [0.717, 1.165) is 17.7 Å². The van der Waals surface area contributed by atoms with Gasteiger partial charge in [0.05, 0.1) is 10.6 Å². The third kappa shape index (κ3) is 5.21. The number of carbonyl (C=O) groups is 2. The monoisotopic (exact) mass is 436 g/mol. The topological polar surface area (TPSA) is 40.6 Å². The van der Waals surface area contributed by atoms with E-state index >= 15 is 0 Å². The molecule has 1 aliphatic rings. The number of halogens is 4. The first-order chi connectivity index (χ1) is 14.1. The molecular formula is C22H20ClF3N2O2. The number of aryl methyl sites for hydroxylation is 1. The Hall–Kier alpha value is -2.80. The van der Waals surface area contributed by atoms with Crippen LogP contribution in [0, 0.1) is 6.92 Å². The Morgan fingerprint density at radius 2 is 1.57 bits per heavy atom. The number of nitrogens with zero attached hydrogens (tertiary/aromatic N) is 2. The average Bonchev–Trinajstić information content (AvgIpc) is 2.72. The minimum absolute atomic E-state index is 0.0847. The summed E-state index contributed by atoms with van der Waals surface area (Å²) in [5, 5.41) is -0.389. The Morgan fingerprint density at radius 1 is 0.967 bits per heavy atom. The molecular weight excluding hydrogens is 417 g/mol. The van der Waals surface area contributed by atoms with Gasteiger partial charge in [-0.2, -0.15) is 13.2 Å². The molecule has 0 bridgehead atoms. The van der Waals surface area contributed by atoms with Crippen molar-refractivity contribution in [3.05, 3.63) is 75.8 Å². The van der Waals surface area contributed by atoms with Crippen molar-refractivity contribution in [1.29, 1.82) is 0 Å². The van der Waals surface area contributed by atoms with Crippen LogP contribution in [0.5, 0.6) is 0 Å². The van der Waals surface area contributed by atoms with Crippen LogP contribution in [0.15, 0.2) is 48.5 Å². The van der Waals surface area contributed by atoms with E-state index in [4.69, 9.17) is 11.6 Å². The zero-order valence-corrected chi connectivity index (χ0v) is 17.0. The lowest BCUT2D eigenvalue weighted by Gasteiger charge is -2.34. The molecule has 0 atom stereocenters. The number of rotatable bonds is 3. The molecule has 1 saturated heterocycles. The Kier molecular flexibility index (Phi) is 6.51. The smallest absolute Gasteiger partial charge is 0.336 e. The molecule has 4 nitrogen and oxygen atoms in total. The number of alkyl halides is 3. The average molecular weight is 437 g/mol. The zero-order valence-electron chi connectivity index (χ0n) is 16.2. The van der Waals surface area contributed by atoms with Crippen molar-refractivity contribution in [2.24, 2.45) is 0 Å². The molecule has 1 heterocycles. The van der Waals surface area contributed by atoms with E-state index in [-0.39, 0.29) is 22.4 Å². The van der Waals surface area contributed by atoms with Gasteiger partial charge in [-0.15, -0.1) is 0 Å². The van der Waals surface area contributed by atoms with Crippen LogP contribution in [0.2, 0.25) is 5.02 Å². The summed E-state index contributed by atoms with van der Waals surface area (Å²) in [5.41, 5.74) is 0.954. The van der Waals surface area contributed by atoms with E-state index in [1.807, 2.05) is 19.1 Å². The highest BCUT2D eigenvalue weighted by atomic mass is 35.5. The number of piperazine rings is 1. The summed E-state index contributed by atoms with van der Waals surface area (Å²) in [6.45, 7) is 3.45. The second kappa shape index (κ2) is 8.92. The van der Waals surface area contributed by atoms with Gasteiger partial charge in [-0.1, -0.05) is 35.4 Å². The van der Waals surface area contributed by atoms with Gasteiger partial charge >= 0.3 is 6.18 Å². The van der Waals surface area contributed by atoms with Gasteiger partial charge in [0.1, 0.15) is 0 Å². The minimum atomic E-state index is -4.56. The molecule has 0 aromatic heterocycles. The van der Waals surface area contributed by atoms with E-state index in [9.17, 15) is 22.8 Å². The molecule has 0 radical (unpaired) electrons. The van der Waals surface area contributed by atoms with Crippen molar-refractivity contribution in [2.75, 3.05) is 26.2 Å². The zero-order chi connectivity index (χ0) is 21.9. The molecule has 0 unspecified atom stereocenters. The summed E-state index contributed by atoms with van der Waals surface area (Å²) >= 11 is 5.61. The van der Waals surface area contributed by atoms with E-state index in [2.05, 4.69) is 0 Å². The highest BCUT2D eigenvalue weighted by Crippen LogP contribution is 2.35. The lowest BCUT2D eigenvalue weighted by Crippen LogP contribution is -2.50. The number of hydrogen-bond acceptors (Lipinski definition) is 2. The van der Waals surface area contributed by atoms with E-state index in [1.165, 1.54) is 18.2 Å². The molecule has 1 aliphatic heterocycles. The molecule has 0 aliphatic carbocycles. The summed E-state index contributed by atoms with van der Waals surface area (Å²) < 4.78 is 38.8. The Labute approximate surface area is 177 Å². The summed E-state index contributed by atoms with van der Waals surface area (Å²) in [5.74, 6) is -0.403. The maximum atomic E-state index is 12.9. The van der Waals surface area contributed by atoms with Crippen LogP contribution in [0.1, 0.15) is 27.0 Å². The van der Waals surface area contributed by atoms with Gasteiger partial charge in [-0.3, -0.25) is 9.59 Å². The van der Waals surface area contributed by atoms with E-state index < -0.39 is 11.7 Å². The SMILES string of the molecule is Cc1ccc(C(=O)N2CCN(C(=O)/C=C/c3ccc(Cl)c(C(F)(F)F)c3)CC2)cc1. The Balaban J connectivity index is 1.59. The van der Waals surface area contributed by atoms with Crippen molar-refractivity contribution in [3.63, 3.8) is 0 Å². The van der Waals surface area contributed by atoms with Crippen LogP contribution in [-0.4, -0.2) is 47.8 Å². The molecule has 1 fully saturated rings. The number of carbonyl (C=O) groups excluding carboxylic acids is 2. The first-order valence-electron chi connectivity index (χ1n) is 9.35. The van der Waals surface area contributed by atoms with Crippen molar-refractivity contribution in [3.8, 4) is 0 Å². The van der Waals surface area contributed by atoms with Gasteiger partial charge in [-0.25, -0.2) is 0 Å². The van der Waals surface area contributed by atoms with Gasteiger partial charge < -0.3 is 9.80 Å². The fraction of sp³-hybridized carbons (Fsp3) is 0.273. The molecule has 0 saturated carbocycles. The van der Waals surface area contributed by atoms with E-state index in [1.54, 1.807) is 21.9 Å². The standard InChI is InChI=1S/C22H20ClF3N2O2/c1-15-2-6-17(7-3-15)21(30)28-12-10-27(11-13-28)20(29)9-5-16-4-8-19(23)18(14-16)22(24,25)26/h2-9,14H,10-13H2,1H3/b9-5+. The second-order valence-electron chi connectivity index (χ2n) is 7.05. The van der Waals surface area contributed by atoms with Crippen LogP contribution < -0.4 is 0 Å². The van der Waals surface area contributed by atoms with Crippen molar-refractivity contribution in [2.45, 2.75) is 13.1 Å². The molecule has 2 aromatic rings. The molecule has 0 spiro atoms. The van der Waals surface area contributed by atoms with Crippen molar-refractivity contribution in [1.82, 2.24) is 9.80 Å². The maximum Gasteiger partial charge on any atom is 0.417 e. The van der Waals surface area contributed by atoms with Crippen molar-refractivity contribution >= 4 is 29.5 Å². The first-order valence-corrected chi connectivity index (χ1v) is 9.72. The molecule has 3 rings (SSSR count). The largest absolute Gasteiger partial charge is 0.417 e. The molecule has 8 heteroatoms. The first kappa shape index (κ1) is 21.9. The quantitative estimate of drug-likeness (QED) is 0.656. The fourth-order valence-corrected chi connectivity index (χ4v) is 3.37. The van der Waals surface area contributed by atoms with Crippen LogP contribution >= 0.6 is 11.6 Å². The summed E-state index contributed by atoms with van der Waals surface area (Å²) in [7, 11) is 0. The summed E-state index contributed by atoms with van der Waals surface area (Å²) in [4.78, 5) is 28.2. The lowest BCUT2D eigenvalue weighted by molar-refractivity contribution is -0.137. The Morgan fingerprint density at radius 3 is 2.17 bits per heavy atom. The van der Waals surface area contributed by atoms with Gasteiger partial charge in [0, 0.05) is 37.8 Å². The normalized spacial score (nSPS) is 15.0. The fourth-order valence-electron chi connectivity index (χ4n) is 3.15. The summed E-state index contributed by atoms with van der Waals surface area (Å²) in [6, 6.07) is 10.8.